The summed E-state index contributed by atoms with van der Waals surface area (Å²) in [5.41, 5.74) is 0. The van der Waals surface area contributed by atoms with E-state index in [1.54, 1.807) is 0 Å². The molecular formula is C53H94NO7+. The first-order valence-electron chi connectivity index (χ1n) is 24.9. The smallest absolute Gasteiger partial charge is 0.362 e. The van der Waals surface area contributed by atoms with Crippen molar-refractivity contribution in [3.05, 3.63) is 60.8 Å². The van der Waals surface area contributed by atoms with E-state index in [0.717, 1.165) is 51.4 Å². The van der Waals surface area contributed by atoms with Crippen molar-refractivity contribution in [2.24, 2.45) is 0 Å². The molecule has 0 radical (unpaired) electrons. The number of unbranched alkanes of at least 4 members (excludes halogenated alkanes) is 24. The zero-order valence-corrected chi connectivity index (χ0v) is 40.1. The molecule has 8 nitrogen and oxygen atoms in total. The van der Waals surface area contributed by atoms with Gasteiger partial charge in [0.25, 0.3) is 0 Å². The molecule has 8 heteroatoms. The topological polar surface area (TPSA) is 99.1 Å². The second kappa shape index (κ2) is 43.7. The van der Waals surface area contributed by atoms with Gasteiger partial charge in [0, 0.05) is 19.3 Å². The molecular weight excluding hydrogens is 763 g/mol. The van der Waals surface area contributed by atoms with Crippen molar-refractivity contribution in [3.63, 3.8) is 0 Å². The van der Waals surface area contributed by atoms with Crippen LogP contribution in [0.25, 0.3) is 0 Å². The Bertz CT molecular complexity index is 1180. The number of esters is 2. The first-order chi connectivity index (χ1) is 29.6. The Morgan fingerprint density at radius 3 is 1.36 bits per heavy atom. The van der Waals surface area contributed by atoms with Gasteiger partial charge >= 0.3 is 17.9 Å². The zero-order valence-electron chi connectivity index (χ0n) is 40.1. The van der Waals surface area contributed by atoms with E-state index in [1.165, 1.54) is 122 Å². The quantitative estimate of drug-likeness (QED) is 0.0282. The maximum absolute atomic E-state index is 12.8. The van der Waals surface area contributed by atoms with Gasteiger partial charge in [0.2, 0.25) is 0 Å². The summed E-state index contributed by atoms with van der Waals surface area (Å²) >= 11 is 0. The van der Waals surface area contributed by atoms with Gasteiger partial charge in [-0.1, -0.05) is 216 Å². The number of ether oxygens (including phenoxy) is 3. The number of carbonyl (C=O) groups is 3. The number of likely N-dealkylation sites (N-methyl/N-ethyl adjacent to an activating group) is 1. The first-order valence-corrected chi connectivity index (χ1v) is 24.9. The van der Waals surface area contributed by atoms with E-state index in [1.807, 2.05) is 69.8 Å². The van der Waals surface area contributed by atoms with Crippen LogP contribution in [0.5, 0.6) is 0 Å². The Balaban J connectivity index is 4.27. The SMILES string of the molecule is CC/C=C/C=C/C=C/C=C/C=C/CCCCCC(=O)OCC(COCCC(C(=O)O)[N+](C)(C)C)OC(=O)CCCCCCCCCCCCCCCCCCCCCCCC. The number of carboxylic acids is 1. The molecule has 0 aliphatic rings. The maximum Gasteiger partial charge on any atom is 0.362 e. The third-order valence-electron chi connectivity index (χ3n) is 11.1. The lowest BCUT2D eigenvalue weighted by Gasteiger charge is -2.31. The zero-order chi connectivity index (χ0) is 44.9. The van der Waals surface area contributed by atoms with E-state index in [2.05, 4.69) is 26.0 Å². The predicted octanol–water partition coefficient (Wildman–Crippen LogP) is 14.1. The molecule has 0 aromatic rings. The second-order valence-corrected chi connectivity index (χ2v) is 17.8. The molecule has 1 N–H and O–H groups in total. The van der Waals surface area contributed by atoms with Gasteiger partial charge < -0.3 is 23.8 Å². The van der Waals surface area contributed by atoms with Gasteiger partial charge in [-0.3, -0.25) is 9.59 Å². The molecule has 0 rings (SSSR count). The largest absolute Gasteiger partial charge is 0.477 e. The van der Waals surface area contributed by atoms with Crippen molar-refractivity contribution in [2.45, 2.75) is 219 Å². The standard InChI is InChI=1S/C53H93NO7/c1-6-8-10-12-14-16-18-20-22-23-24-25-26-27-28-30-32-34-36-38-40-42-44-52(56)61-49(47-59-46-45-50(53(57)58)54(3,4)5)48-60-51(55)43-41-39-37-35-33-31-29-21-19-17-15-13-11-9-7-2/h9,11,13,15,17,19,21,29,31,33,49-50H,6-8,10,12,14,16,18,20,22-28,30,32,34-48H2,1-5H3/p+1/b11-9+,15-13+,19-17+,29-21+,33-31+. The van der Waals surface area contributed by atoms with Gasteiger partial charge in [0.15, 0.2) is 12.1 Å². The van der Waals surface area contributed by atoms with Crippen LogP contribution in [0.2, 0.25) is 0 Å². The Kier molecular flexibility index (Phi) is 41.5. The fourth-order valence-corrected chi connectivity index (χ4v) is 7.23. The average Bonchev–Trinajstić information content (AvgIpc) is 3.22. The number of hydrogen-bond acceptors (Lipinski definition) is 6. The Labute approximate surface area is 375 Å². The highest BCUT2D eigenvalue weighted by Gasteiger charge is 2.31. The third kappa shape index (κ3) is 42.1. The lowest BCUT2D eigenvalue weighted by molar-refractivity contribution is -0.887. The molecule has 352 valence electrons. The monoisotopic (exact) mass is 857 g/mol. The minimum atomic E-state index is -0.881. The first kappa shape index (κ1) is 58.0. The van der Waals surface area contributed by atoms with E-state index in [0.29, 0.717) is 19.3 Å². The summed E-state index contributed by atoms with van der Waals surface area (Å²) in [5, 5.41) is 9.64. The molecule has 0 spiro atoms. The lowest BCUT2D eigenvalue weighted by Crippen LogP contribution is -2.50. The number of rotatable bonds is 44. The Morgan fingerprint density at radius 2 is 0.918 bits per heavy atom. The third-order valence-corrected chi connectivity index (χ3v) is 11.1. The number of nitrogens with zero attached hydrogens (tertiary/aromatic N) is 1. The highest BCUT2D eigenvalue weighted by atomic mass is 16.6. The van der Waals surface area contributed by atoms with Gasteiger partial charge in [-0.05, 0) is 32.1 Å². The summed E-state index contributed by atoms with van der Waals surface area (Å²) in [6, 6.07) is -0.623. The van der Waals surface area contributed by atoms with Crippen LogP contribution >= 0.6 is 0 Å². The molecule has 61 heavy (non-hydrogen) atoms. The molecule has 2 unspecified atom stereocenters. The van der Waals surface area contributed by atoms with Crippen LogP contribution in [0.3, 0.4) is 0 Å². The molecule has 0 aromatic heterocycles. The van der Waals surface area contributed by atoms with Gasteiger partial charge in [0.05, 0.1) is 34.4 Å². The number of carbonyl (C=O) groups excluding carboxylic acids is 2. The predicted molar refractivity (Wildman–Crippen MR) is 257 cm³/mol. The normalized spacial score (nSPS) is 13.4. The number of carboxylic acid groups (broad SMARTS) is 1. The van der Waals surface area contributed by atoms with Crippen LogP contribution in [0.15, 0.2) is 60.8 Å². The van der Waals surface area contributed by atoms with Crippen LogP contribution in [0.4, 0.5) is 0 Å². The average molecular weight is 857 g/mol. The minimum absolute atomic E-state index is 0.0471. The molecule has 0 fully saturated rings. The summed E-state index contributed by atoms with van der Waals surface area (Å²) in [6.07, 6.45) is 54.2. The van der Waals surface area contributed by atoms with Crippen molar-refractivity contribution >= 4 is 17.9 Å². The molecule has 0 aromatic carbocycles. The number of aliphatic carboxylic acids is 1. The van der Waals surface area contributed by atoms with Gasteiger partial charge in [-0.15, -0.1) is 0 Å². The van der Waals surface area contributed by atoms with Gasteiger partial charge in [-0.25, -0.2) is 4.79 Å². The summed E-state index contributed by atoms with van der Waals surface area (Å²) in [5.74, 6) is -1.52. The van der Waals surface area contributed by atoms with E-state index in [-0.39, 0.29) is 36.2 Å². The minimum Gasteiger partial charge on any atom is -0.477 e. The van der Waals surface area contributed by atoms with E-state index >= 15 is 0 Å². The molecule has 0 saturated carbocycles. The summed E-state index contributed by atoms with van der Waals surface area (Å²) in [4.78, 5) is 37.1. The highest BCUT2D eigenvalue weighted by Crippen LogP contribution is 2.16. The van der Waals surface area contributed by atoms with E-state index < -0.39 is 18.1 Å². The Hall–Kier alpha value is -2.97. The van der Waals surface area contributed by atoms with Crippen molar-refractivity contribution < 1.29 is 38.2 Å². The summed E-state index contributed by atoms with van der Waals surface area (Å²) in [6.45, 7) is 4.57. The second-order valence-electron chi connectivity index (χ2n) is 17.8. The fourth-order valence-electron chi connectivity index (χ4n) is 7.23. The Morgan fingerprint density at radius 1 is 0.508 bits per heavy atom. The molecule has 0 bridgehead atoms. The van der Waals surface area contributed by atoms with Gasteiger partial charge in [-0.2, -0.15) is 0 Å². The lowest BCUT2D eigenvalue weighted by atomic mass is 10.0. The summed E-state index contributed by atoms with van der Waals surface area (Å²) in [7, 11) is 5.52. The number of allylic oxidation sites excluding steroid dienone is 10. The number of hydrogen-bond donors (Lipinski definition) is 1. The maximum atomic E-state index is 12.8. The molecule has 2 atom stereocenters. The number of quaternary nitrogens is 1. The molecule has 0 aliphatic carbocycles. The van der Waals surface area contributed by atoms with Crippen molar-refractivity contribution in [1.29, 1.82) is 0 Å². The van der Waals surface area contributed by atoms with Gasteiger partial charge in [0.1, 0.15) is 6.61 Å². The van der Waals surface area contributed by atoms with Crippen LogP contribution in [-0.4, -0.2) is 80.6 Å². The molecule has 0 saturated heterocycles. The highest BCUT2D eigenvalue weighted by molar-refractivity contribution is 5.72. The summed E-state index contributed by atoms with van der Waals surface area (Å²) < 4.78 is 17.3. The van der Waals surface area contributed by atoms with Crippen molar-refractivity contribution in [1.82, 2.24) is 0 Å². The van der Waals surface area contributed by atoms with E-state index in [4.69, 9.17) is 14.2 Å². The van der Waals surface area contributed by atoms with Crippen LogP contribution in [-0.2, 0) is 28.6 Å². The van der Waals surface area contributed by atoms with Crippen molar-refractivity contribution in [3.8, 4) is 0 Å². The molecule has 0 heterocycles. The molecule has 0 amide bonds. The van der Waals surface area contributed by atoms with Crippen molar-refractivity contribution in [2.75, 3.05) is 41.0 Å². The van der Waals surface area contributed by atoms with Crippen LogP contribution in [0.1, 0.15) is 206 Å². The molecule has 0 aliphatic heterocycles. The van der Waals surface area contributed by atoms with E-state index in [9.17, 15) is 19.5 Å². The van der Waals surface area contributed by atoms with Crippen LogP contribution < -0.4 is 0 Å². The fraction of sp³-hybridized carbons (Fsp3) is 0.755. The van der Waals surface area contributed by atoms with Crippen LogP contribution in [0, 0.1) is 0 Å².